The maximum absolute atomic E-state index is 13.7. The molecule has 8 rings (SSSR count). The number of carbonyl (C=O) groups is 5. The van der Waals surface area contributed by atoms with Crippen molar-refractivity contribution >= 4 is 69.0 Å². The van der Waals surface area contributed by atoms with Gasteiger partial charge in [-0.05, 0) is 68.3 Å². The Morgan fingerprint density at radius 2 is 1.65 bits per heavy atom. The zero-order valence-electron chi connectivity index (χ0n) is 29.9. The van der Waals surface area contributed by atoms with Crippen LogP contribution in [-0.4, -0.2) is 81.6 Å². The number of hydrogen-bond donors (Lipinski definition) is 3. The summed E-state index contributed by atoms with van der Waals surface area (Å²) in [5, 5.41) is 8.90. The van der Waals surface area contributed by atoms with E-state index in [4.69, 9.17) is 4.74 Å². The van der Waals surface area contributed by atoms with Crippen LogP contribution in [0.3, 0.4) is 0 Å². The Balaban J connectivity index is 0.901. The van der Waals surface area contributed by atoms with Gasteiger partial charge < -0.3 is 25.2 Å². The van der Waals surface area contributed by atoms with Gasteiger partial charge in [-0.2, -0.15) is 0 Å². The number of aryl methyl sites for hydroxylation is 2. The molecule has 3 N–H and O–H groups in total. The number of thiazole rings is 1. The first-order valence-electron chi connectivity index (χ1n) is 17.7. The van der Waals surface area contributed by atoms with Gasteiger partial charge in [0.1, 0.15) is 39.9 Å². The quantitative estimate of drug-likeness (QED) is 0.170. The van der Waals surface area contributed by atoms with Crippen molar-refractivity contribution in [3.8, 4) is 11.5 Å². The zero-order chi connectivity index (χ0) is 38.2. The number of amides is 5. The summed E-state index contributed by atoms with van der Waals surface area (Å²) in [6.07, 6.45) is 1.67. The fourth-order valence-electron chi connectivity index (χ4n) is 6.91. The van der Waals surface area contributed by atoms with E-state index in [2.05, 4.69) is 40.7 Å². The van der Waals surface area contributed by atoms with E-state index in [1.165, 1.54) is 17.5 Å². The maximum Gasteiger partial charge on any atom is 0.267 e. The van der Waals surface area contributed by atoms with Gasteiger partial charge in [0.15, 0.2) is 5.13 Å². The fraction of sp³-hybridized carbons (Fsp3) is 0.231. The average molecular weight is 758 g/mol. The van der Waals surface area contributed by atoms with E-state index >= 15 is 0 Å². The lowest BCUT2D eigenvalue weighted by molar-refractivity contribution is -0.136. The number of piperidine rings is 1. The highest BCUT2D eigenvalue weighted by Gasteiger charge is 2.46. The van der Waals surface area contributed by atoms with E-state index < -0.39 is 29.7 Å². The number of rotatable bonds is 9. The second kappa shape index (κ2) is 14.6. The van der Waals surface area contributed by atoms with Crippen LogP contribution in [0.2, 0.25) is 0 Å². The molecule has 0 radical (unpaired) electrons. The predicted molar refractivity (Wildman–Crippen MR) is 205 cm³/mol. The molecule has 0 saturated carbocycles. The lowest BCUT2D eigenvalue weighted by Gasteiger charge is -2.37. The molecule has 1 unspecified atom stereocenters. The van der Waals surface area contributed by atoms with Crippen LogP contribution in [0, 0.1) is 13.8 Å². The summed E-state index contributed by atoms with van der Waals surface area (Å²) in [6.45, 7) is 5.91. The first-order valence-corrected chi connectivity index (χ1v) is 18.5. The molecule has 3 aliphatic heterocycles. The molecule has 3 aromatic carbocycles. The highest BCUT2D eigenvalue weighted by atomic mass is 32.1. The summed E-state index contributed by atoms with van der Waals surface area (Å²) in [4.78, 5) is 83.6. The van der Waals surface area contributed by atoms with Gasteiger partial charge in [0.05, 0.1) is 23.0 Å². The summed E-state index contributed by atoms with van der Waals surface area (Å²) >= 11 is 1.20. The molecule has 0 spiro atoms. The van der Waals surface area contributed by atoms with Crippen molar-refractivity contribution < 1.29 is 28.7 Å². The summed E-state index contributed by atoms with van der Waals surface area (Å²) < 4.78 is 5.90. The van der Waals surface area contributed by atoms with Crippen molar-refractivity contribution in [2.75, 3.05) is 46.6 Å². The second-order valence-electron chi connectivity index (χ2n) is 13.3. The lowest BCUT2D eigenvalue weighted by atomic mass is 10.0. The van der Waals surface area contributed by atoms with Gasteiger partial charge in [-0.25, -0.2) is 15.0 Å². The first kappa shape index (κ1) is 35.4. The molecule has 5 aromatic rings. The largest absolute Gasteiger partial charge is 0.457 e. The van der Waals surface area contributed by atoms with Gasteiger partial charge >= 0.3 is 0 Å². The minimum absolute atomic E-state index is 0.0583. The molecule has 16 heteroatoms. The number of benzene rings is 3. The third-order valence-electron chi connectivity index (χ3n) is 9.60. The molecular formula is C39H35N9O6S. The number of imide groups is 2. The van der Waals surface area contributed by atoms with Gasteiger partial charge in [-0.1, -0.05) is 35.6 Å². The molecule has 15 nitrogen and oxygen atoms in total. The second-order valence-corrected chi connectivity index (χ2v) is 14.3. The van der Waals surface area contributed by atoms with Crippen LogP contribution in [0.15, 0.2) is 79.0 Å². The van der Waals surface area contributed by atoms with Gasteiger partial charge in [0, 0.05) is 44.4 Å². The normalized spacial score (nSPS) is 16.9. The van der Waals surface area contributed by atoms with Crippen molar-refractivity contribution in [1.82, 2.24) is 25.2 Å². The Kier molecular flexibility index (Phi) is 9.40. The standard InChI is InChI=1S/C39H35N9O6S/c1-22-19-25(54-24-7-4-3-5-8-24)11-12-27(22)43-36(51)30-21-40-39(55-30)44-31-20-32(42-23(2)41-31)47-17-15-46(16-18-47)28-10-6-9-26-34(28)38(53)48(37(26)52)29-13-14-33(49)45-35(29)50/h3-12,19-21,29H,13-18H2,1-2H3,(H,43,51)(H,45,49,50)(H,40,41,42,44). The van der Waals surface area contributed by atoms with E-state index in [0.717, 1.165) is 16.2 Å². The SMILES string of the molecule is Cc1nc(Nc2ncc(C(=O)Nc3ccc(Oc4ccccc4)cc3C)s2)cc(N2CCN(c3cccc4c3C(=O)N(C3CCC(=O)NC3=O)C4=O)CC2)n1. The van der Waals surface area contributed by atoms with Crippen LogP contribution < -0.4 is 30.5 Å². The van der Waals surface area contributed by atoms with E-state index in [1.54, 1.807) is 31.2 Å². The summed E-state index contributed by atoms with van der Waals surface area (Å²) in [5.41, 5.74) is 2.66. The van der Waals surface area contributed by atoms with Gasteiger partial charge in [0.25, 0.3) is 17.7 Å². The lowest BCUT2D eigenvalue weighted by Crippen LogP contribution is -2.54. The van der Waals surface area contributed by atoms with Gasteiger partial charge in [0.2, 0.25) is 11.8 Å². The molecule has 2 saturated heterocycles. The van der Waals surface area contributed by atoms with E-state index in [-0.39, 0.29) is 29.9 Å². The van der Waals surface area contributed by atoms with Crippen molar-refractivity contribution in [3.63, 3.8) is 0 Å². The number of nitrogens with zero attached hydrogens (tertiary/aromatic N) is 6. The number of fused-ring (bicyclic) bond motifs is 1. The molecule has 0 bridgehead atoms. The molecule has 55 heavy (non-hydrogen) atoms. The van der Waals surface area contributed by atoms with E-state index in [9.17, 15) is 24.0 Å². The monoisotopic (exact) mass is 757 g/mol. The highest BCUT2D eigenvalue weighted by Crippen LogP contribution is 2.35. The number of carbonyl (C=O) groups excluding carboxylic acids is 5. The Labute approximate surface area is 319 Å². The Morgan fingerprint density at radius 1 is 0.873 bits per heavy atom. The minimum Gasteiger partial charge on any atom is -0.457 e. The Morgan fingerprint density at radius 3 is 2.42 bits per heavy atom. The predicted octanol–water partition coefficient (Wildman–Crippen LogP) is 5.07. The number of para-hydroxylation sites is 1. The van der Waals surface area contributed by atoms with Crippen LogP contribution in [0.4, 0.5) is 28.1 Å². The van der Waals surface area contributed by atoms with Crippen molar-refractivity contribution in [3.05, 3.63) is 106 Å². The molecule has 3 aliphatic rings. The van der Waals surface area contributed by atoms with Gasteiger partial charge in [-0.15, -0.1) is 0 Å². The smallest absolute Gasteiger partial charge is 0.267 e. The molecule has 2 aromatic heterocycles. The van der Waals surface area contributed by atoms with Crippen molar-refractivity contribution in [1.29, 1.82) is 0 Å². The summed E-state index contributed by atoms with van der Waals surface area (Å²) in [6, 6.07) is 20.9. The summed E-state index contributed by atoms with van der Waals surface area (Å²) in [5.74, 6) is 0.753. The number of nitrogens with one attached hydrogen (secondary N) is 3. The molecular weight excluding hydrogens is 723 g/mol. The fourth-order valence-corrected chi connectivity index (χ4v) is 7.63. The van der Waals surface area contributed by atoms with Crippen LogP contribution >= 0.6 is 11.3 Å². The molecule has 278 valence electrons. The van der Waals surface area contributed by atoms with Crippen molar-refractivity contribution in [2.24, 2.45) is 0 Å². The Hall–Kier alpha value is -6.68. The van der Waals surface area contributed by atoms with Crippen LogP contribution in [-0.2, 0) is 9.59 Å². The van der Waals surface area contributed by atoms with Crippen molar-refractivity contribution in [2.45, 2.75) is 32.7 Å². The van der Waals surface area contributed by atoms with Crippen LogP contribution in [0.5, 0.6) is 11.5 Å². The molecule has 2 fully saturated rings. The number of aromatic nitrogens is 3. The first-order chi connectivity index (χ1) is 26.6. The molecule has 0 aliphatic carbocycles. The van der Waals surface area contributed by atoms with Gasteiger partial charge in [-0.3, -0.25) is 34.2 Å². The molecule has 5 heterocycles. The third kappa shape index (κ3) is 7.18. The number of hydrogen-bond acceptors (Lipinski definition) is 13. The topological polar surface area (TPSA) is 179 Å². The number of piperazine rings is 1. The zero-order valence-corrected chi connectivity index (χ0v) is 30.7. The number of ether oxygens (including phenoxy) is 1. The average Bonchev–Trinajstić information content (AvgIpc) is 3.74. The minimum atomic E-state index is -1.03. The van der Waals surface area contributed by atoms with Crippen LogP contribution in [0.1, 0.15) is 54.6 Å². The number of anilines is 5. The van der Waals surface area contributed by atoms with E-state index in [1.807, 2.05) is 55.5 Å². The molecule has 1 atom stereocenters. The van der Waals surface area contributed by atoms with E-state index in [0.29, 0.717) is 70.8 Å². The Bertz CT molecular complexity index is 2360. The van der Waals surface area contributed by atoms with Crippen LogP contribution in [0.25, 0.3) is 0 Å². The maximum atomic E-state index is 13.7. The third-order valence-corrected chi connectivity index (χ3v) is 10.5. The molecule has 5 amide bonds. The summed E-state index contributed by atoms with van der Waals surface area (Å²) in [7, 11) is 0. The highest BCUT2D eigenvalue weighted by molar-refractivity contribution is 7.17.